The number of benzene rings is 1. The molecule has 0 aliphatic heterocycles. The van der Waals surface area contributed by atoms with E-state index in [-0.39, 0.29) is 0 Å². The van der Waals surface area contributed by atoms with Gasteiger partial charge in [0.25, 0.3) is 0 Å². The zero-order valence-electron chi connectivity index (χ0n) is 13.7. The SMILES string of the molecule is CC(C)(C)N(C(=O)O)C(C)(C)c1ncc(-c2ccccc2)[nH]1. The lowest BCUT2D eigenvalue weighted by Crippen LogP contribution is -2.55. The first kappa shape index (κ1) is 16.1. The van der Waals surface area contributed by atoms with Crippen LogP contribution in [0.3, 0.4) is 0 Å². The number of hydrogen-bond acceptors (Lipinski definition) is 2. The molecule has 0 unspecified atom stereocenters. The van der Waals surface area contributed by atoms with Crippen LogP contribution < -0.4 is 0 Å². The number of carboxylic acid groups (broad SMARTS) is 1. The second-order valence-electron chi connectivity index (χ2n) is 6.86. The molecule has 22 heavy (non-hydrogen) atoms. The molecular weight excluding hydrogens is 278 g/mol. The second kappa shape index (κ2) is 5.48. The Balaban J connectivity index is 2.42. The number of aromatic nitrogens is 2. The van der Waals surface area contributed by atoms with Crippen LogP contribution in [0, 0.1) is 0 Å². The van der Waals surface area contributed by atoms with Gasteiger partial charge in [-0.05, 0) is 40.2 Å². The van der Waals surface area contributed by atoms with Crippen molar-refractivity contribution in [1.29, 1.82) is 0 Å². The Labute approximate surface area is 131 Å². The van der Waals surface area contributed by atoms with Crippen LogP contribution in [0.25, 0.3) is 11.3 Å². The maximum Gasteiger partial charge on any atom is 0.408 e. The molecule has 0 aliphatic rings. The largest absolute Gasteiger partial charge is 0.465 e. The summed E-state index contributed by atoms with van der Waals surface area (Å²) < 4.78 is 0. The van der Waals surface area contributed by atoms with Gasteiger partial charge in [0.2, 0.25) is 0 Å². The fourth-order valence-corrected chi connectivity index (χ4v) is 2.87. The Hall–Kier alpha value is -2.30. The first-order chi connectivity index (χ1) is 10.1. The lowest BCUT2D eigenvalue weighted by molar-refractivity contribution is 0.0275. The standard InChI is InChI=1S/C17H23N3O2/c1-16(2,3)20(15(21)22)17(4,5)14-18-11-13(19-14)12-9-7-6-8-10-12/h6-11H,1-5H3,(H,18,19)(H,21,22). The summed E-state index contributed by atoms with van der Waals surface area (Å²) >= 11 is 0. The van der Waals surface area contributed by atoms with Gasteiger partial charge < -0.3 is 10.1 Å². The Kier molecular flexibility index (Phi) is 4.00. The summed E-state index contributed by atoms with van der Waals surface area (Å²) in [6.07, 6.45) is 0.782. The minimum absolute atomic E-state index is 0.533. The van der Waals surface area contributed by atoms with Crippen molar-refractivity contribution < 1.29 is 9.90 Å². The lowest BCUT2D eigenvalue weighted by Gasteiger charge is -2.44. The van der Waals surface area contributed by atoms with Gasteiger partial charge >= 0.3 is 6.09 Å². The van der Waals surface area contributed by atoms with Crippen molar-refractivity contribution in [2.24, 2.45) is 0 Å². The van der Waals surface area contributed by atoms with Crippen molar-refractivity contribution in [1.82, 2.24) is 14.9 Å². The van der Waals surface area contributed by atoms with Crippen molar-refractivity contribution in [3.8, 4) is 11.3 Å². The van der Waals surface area contributed by atoms with E-state index in [4.69, 9.17) is 0 Å². The third kappa shape index (κ3) is 2.98. The Morgan fingerprint density at radius 2 is 1.73 bits per heavy atom. The summed E-state index contributed by atoms with van der Waals surface area (Å²) in [4.78, 5) is 20.8. The maximum absolute atomic E-state index is 11.7. The summed E-state index contributed by atoms with van der Waals surface area (Å²) in [5.41, 5.74) is 0.601. The van der Waals surface area contributed by atoms with Crippen molar-refractivity contribution in [3.05, 3.63) is 42.4 Å². The molecule has 1 aromatic carbocycles. The number of hydrogen-bond donors (Lipinski definition) is 2. The molecule has 1 amide bonds. The molecule has 5 heteroatoms. The van der Waals surface area contributed by atoms with E-state index in [9.17, 15) is 9.90 Å². The van der Waals surface area contributed by atoms with Crippen molar-refractivity contribution in [3.63, 3.8) is 0 Å². The number of amides is 1. The van der Waals surface area contributed by atoms with E-state index in [2.05, 4.69) is 9.97 Å². The Morgan fingerprint density at radius 1 is 1.14 bits per heavy atom. The molecule has 0 fully saturated rings. The summed E-state index contributed by atoms with van der Waals surface area (Å²) in [5, 5.41) is 9.61. The predicted octanol–water partition coefficient (Wildman–Crippen LogP) is 4.09. The molecule has 0 spiro atoms. The highest BCUT2D eigenvalue weighted by atomic mass is 16.4. The number of H-pyrrole nitrogens is 1. The van der Waals surface area contributed by atoms with Gasteiger partial charge in [-0.3, -0.25) is 4.90 Å². The van der Waals surface area contributed by atoms with E-state index in [1.807, 2.05) is 65.0 Å². The molecule has 0 aliphatic carbocycles. The maximum atomic E-state index is 11.7. The Bertz CT molecular complexity index is 654. The number of imidazole rings is 1. The molecule has 5 nitrogen and oxygen atoms in total. The molecule has 0 saturated carbocycles. The Morgan fingerprint density at radius 3 is 2.23 bits per heavy atom. The summed E-state index contributed by atoms with van der Waals surface area (Å²) in [7, 11) is 0. The van der Waals surface area contributed by atoms with E-state index in [0.717, 1.165) is 11.3 Å². The number of rotatable bonds is 3. The van der Waals surface area contributed by atoms with Gasteiger partial charge in [0.1, 0.15) is 5.82 Å². The quantitative estimate of drug-likeness (QED) is 0.897. The fourth-order valence-electron chi connectivity index (χ4n) is 2.87. The molecule has 0 bridgehead atoms. The van der Waals surface area contributed by atoms with Gasteiger partial charge in [-0.25, -0.2) is 9.78 Å². The summed E-state index contributed by atoms with van der Waals surface area (Å²) in [6.45, 7) is 9.36. The normalized spacial score (nSPS) is 12.2. The number of nitrogens with one attached hydrogen (secondary N) is 1. The molecule has 2 rings (SSSR count). The van der Waals surface area contributed by atoms with Crippen molar-refractivity contribution >= 4 is 6.09 Å². The zero-order valence-corrected chi connectivity index (χ0v) is 13.7. The van der Waals surface area contributed by atoms with Crippen LogP contribution in [0.2, 0.25) is 0 Å². The van der Waals surface area contributed by atoms with E-state index in [0.29, 0.717) is 5.82 Å². The van der Waals surface area contributed by atoms with Gasteiger partial charge in [-0.2, -0.15) is 0 Å². The molecule has 0 atom stereocenters. The molecule has 2 N–H and O–H groups in total. The van der Waals surface area contributed by atoms with Crippen molar-refractivity contribution in [2.45, 2.75) is 45.7 Å². The van der Waals surface area contributed by atoms with E-state index >= 15 is 0 Å². The molecule has 2 aromatic rings. The van der Waals surface area contributed by atoms with Crippen LogP contribution >= 0.6 is 0 Å². The highest BCUT2D eigenvalue weighted by molar-refractivity contribution is 5.67. The van der Waals surface area contributed by atoms with Gasteiger partial charge in [-0.1, -0.05) is 30.3 Å². The topological polar surface area (TPSA) is 69.2 Å². The monoisotopic (exact) mass is 301 g/mol. The van der Waals surface area contributed by atoms with Crippen molar-refractivity contribution in [2.75, 3.05) is 0 Å². The van der Waals surface area contributed by atoms with Crippen LogP contribution in [-0.2, 0) is 5.54 Å². The van der Waals surface area contributed by atoms with E-state index in [1.165, 1.54) is 4.90 Å². The van der Waals surface area contributed by atoms with Gasteiger partial charge in [0.05, 0.1) is 17.4 Å². The summed E-state index contributed by atoms with van der Waals surface area (Å²) in [5.74, 6) is 0.628. The van der Waals surface area contributed by atoms with Crippen LogP contribution in [0.4, 0.5) is 4.79 Å². The molecule has 0 radical (unpaired) electrons. The van der Waals surface area contributed by atoms with Crippen LogP contribution in [0.5, 0.6) is 0 Å². The second-order valence-corrected chi connectivity index (χ2v) is 6.86. The lowest BCUT2D eigenvalue weighted by atomic mass is 9.94. The predicted molar refractivity (Wildman–Crippen MR) is 86.7 cm³/mol. The molecule has 1 heterocycles. The minimum Gasteiger partial charge on any atom is -0.465 e. The van der Waals surface area contributed by atoms with E-state index < -0.39 is 17.2 Å². The number of carbonyl (C=O) groups is 1. The highest BCUT2D eigenvalue weighted by Gasteiger charge is 2.41. The summed E-state index contributed by atoms with van der Waals surface area (Å²) in [6, 6.07) is 9.85. The highest BCUT2D eigenvalue weighted by Crippen LogP contribution is 2.33. The van der Waals surface area contributed by atoms with Crippen LogP contribution in [-0.4, -0.2) is 31.6 Å². The third-order valence-corrected chi connectivity index (χ3v) is 3.66. The smallest absolute Gasteiger partial charge is 0.408 e. The molecule has 0 saturated heterocycles. The zero-order chi connectivity index (χ0) is 16.5. The molecular formula is C17H23N3O2. The van der Waals surface area contributed by atoms with Crippen LogP contribution in [0.1, 0.15) is 40.4 Å². The first-order valence-corrected chi connectivity index (χ1v) is 7.28. The fraction of sp³-hybridized carbons (Fsp3) is 0.412. The minimum atomic E-state index is -0.963. The van der Waals surface area contributed by atoms with Gasteiger partial charge in [0.15, 0.2) is 0 Å². The molecule has 1 aromatic heterocycles. The number of aromatic amines is 1. The van der Waals surface area contributed by atoms with Crippen LogP contribution in [0.15, 0.2) is 36.5 Å². The third-order valence-electron chi connectivity index (χ3n) is 3.66. The average Bonchev–Trinajstić information content (AvgIpc) is 2.87. The average molecular weight is 301 g/mol. The van der Waals surface area contributed by atoms with E-state index in [1.54, 1.807) is 6.20 Å². The van der Waals surface area contributed by atoms with Gasteiger partial charge in [0, 0.05) is 5.54 Å². The van der Waals surface area contributed by atoms with Gasteiger partial charge in [-0.15, -0.1) is 0 Å². The first-order valence-electron chi connectivity index (χ1n) is 7.28. The molecule has 118 valence electrons. The number of nitrogens with zero attached hydrogens (tertiary/aromatic N) is 2.